The molecule has 13 heavy (non-hydrogen) atoms. The fourth-order valence-electron chi connectivity index (χ4n) is 2.49. The Morgan fingerprint density at radius 2 is 1.77 bits per heavy atom. The zero-order chi connectivity index (χ0) is 9.26. The zero-order valence-electron chi connectivity index (χ0n) is 7.95. The van der Waals surface area contributed by atoms with E-state index in [1.54, 1.807) is 0 Å². The van der Waals surface area contributed by atoms with Crippen LogP contribution < -0.4 is 0 Å². The molecule has 2 aliphatic rings. The highest BCUT2D eigenvalue weighted by Crippen LogP contribution is 2.28. The second kappa shape index (κ2) is 3.93. The monoisotopic (exact) mass is 187 g/mol. The molecule has 2 fully saturated rings. The number of likely N-dealkylation sites (tertiary alicyclic amines) is 1. The number of rotatable bonds is 1. The van der Waals surface area contributed by atoms with Crippen molar-refractivity contribution in [3.05, 3.63) is 0 Å². The number of piperidine rings is 1. The van der Waals surface area contributed by atoms with Gasteiger partial charge in [0, 0.05) is 19.1 Å². The second-order valence-corrected chi connectivity index (χ2v) is 4.33. The van der Waals surface area contributed by atoms with Crippen LogP contribution in [-0.4, -0.2) is 41.4 Å². The maximum atomic E-state index is 12.9. The smallest absolute Gasteiger partial charge is 0.102 e. The van der Waals surface area contributed by atoms with Crippen molar-refractivity contribution in [2.45, 2.75) is 50.4 Å². The lowest BCUT2D eigenvalue weighted by atomic mass is 10.1. The first kappa shape index (κ1) is 9.41. The van der Waals surface area contributed by atoms with E-state index in [4.69, 9.17) is 0 Å². The third kappa shape index (κ3) is 2.20. The van der Waals surface area contributed by atoms with Gasteiger partial charge in [-0.15, -0.1) is 0 Å². The Labute approximate surface area is 78.7 Å². The molecule has 1 N–H and O–H groups in total. The molecule has 0 spiro atoms. The molecule has 0 bridgehead atoms. The minimum Gasteiger partial charge on any atom is -0.393 e. The Morgan fingerprint density at radius 1 is 1.08 bits per heavy atom. The molecular formula is C10H18FNO. The summed E-state index contributed by atoms with van der Waals surface area (Å²) in [4.78, 5) is 2.35. The van der Waals surface area contributed by atoms with Crippen molar-refractivity contribution in [3.8, 4) is 0 Å². The molecule has 76 valence electrons. The van der Waals surface area contributed by atoms with Crippen LogP contribution in [0.4, 0.5) is 4.39 Å². The first-order chi connectivity index (χ1) is 6.25. The lowest BCUT2D eigenvalue weighted by molar-refractivity contribution is 0.0606. The van der Waals surface area contributed by atoms with Gasteiger partial charge in [-0.2, -0.15) is 0 Å². The van der Waals surface area contributed by atoms with Crippen molar-refractivity contribution < 1.29 is 9.50 Å². The van der Waals surface area contributed by atoms with E-state index in [-0.39, 0.29) is 6.10 Å². The highest BCUT2D eigenvalue weighted by Gasteiger charge is 2.30. The van der Waals surface area contributed by atoms with E-state index in [0.29, 0.717) is 6.04 Å². The molecule has 0 amide bonds. The van der Waals surface area contributed by atoms with Crippen LogP contribution in [0.5, 0.6) is 0 Å². The molecule has 2 unspecified atom stereocenters. The third-order valence-corrected chi connectivity index (χ3v) is 3.36. The molecule has 0 radical (unpaired) electrons. The SMILES string of the molecule is OC1CCN(C2CCC(F)C2)CC1. The average Bonchev–Trinajstić information content (AvgIpc) is 2.53. The normalized spacial score (nSPS) is 38.3. The lowest BCUT2D eigenvalue weighted by Crippen LogP contribution is -2.41. The van der Waals surface area contributed by atoms with E-state index in [2.05, 4.69) is 4.90 Å². The van der Waals surface area contributed by atoms with E-state index in [9.17, 15) is 9.50 Å². The van der Waals surface area contributed by atoms with Crippen LogP contribution >= 0.6 is 0 Å². The minimum absolute atomic E-state index is 0.112. The zero-order valence-corrected chi connectivity index (χ0v) is 7.95. The summed E-state index contributed by atoms with van der Waals surface area (Å²) in [6.45, 7) is 1.91. The van der Waals surface area contributed by atoms with Crippen LogP contribution in [0.1, 0.15) is 32.1 Å². The molecule has 1 saturated heterocycles. The Morgan fingerprint density at radius 3 is 2.31 bits per heavy atom. The van der Waals surface area contributed by atoms with E-state index in [0.717, 1.165) is 45.2 Å². The van der Waals surface area contributed by atoms with Crippen LogP contribution in [0.15, 0.2) is 0 Å². The van der Waals surface area contributed by atoms with E-state index in [1.165, 1.54) is 0 Å². The Kier molecular flexibility index (Phi) is 2.84. The van der Waals surface area contributed by atoms with Crippen molar-refractivity contribution in [2.24, 2.45) is 0 Å². The second-order valence-electron chi connectivity index (χ2n) is 4.33. The summed E-state index contributed by atoms with van der Waals surface area (Å²) in [6.07, 6.45) is 3.52. The number of nitrogens with zero attached hydrogens (tertiary/aromatic N) is 1. The summed E-state index contributed by atoms with van der Waals surface area (Å²) < 4.78 is 12.9. The summed E-state index contributed by atoms with van der Waals surface area (Å²) in [5, 5.41) is 9.32. The molecule has 1 aliphatic carbocycles. The lowest BCUT2D eigenvalue weighted by Gasteiger charge is -2.34. The largest absolute Gasteiger partial charge is 0.393 e. The molecule has 0 aromatic carbocycles. The highest BCUT2D eigenvalue weighted by atomic mass is 19.1. The Hall–Kier alpha value is -0.150. The summed E-state index contributed by atoms with van der Waals surface area (Å²) in [6, 6.07) is 0.461. The van der Waals surface area contributed by atoms with Crippen LogP contribution in [-0.2, 0) is 0 Å². The predicted molar refractivity (Wildman–Crippen MR) is 49.3 cm³/mol. The minimum atomic E-state index is -0.572. The van der Waals surface area contributed by atoms with Crippen molar-refractivity contribution in [1.82, 2.24) is 4.90 Å². The molecule has 3 heteroatoms. The molecule has 2 atom stereocenters. The summed E-state index contributed by atoms with van der Waals surface area (Å²) in [5.74, 6) is 0. The van der Waals surface area contributed by atoms with E-state index < -0.39 is 6.17 Å². The number of aliphatic hydroxyl groups excluding tert-OH is 1. The van der Waals surface area contributed by atoms with Gasteiger partial charge in [0.05, 0.1) is 6.10 Å². The van der Waals surface area contributed by atoms with Gasteiger partial charge >= 0.3 is 0 Å². The molecule has 2 rings (SSSR count). The van der Waals surface area contributed by atoms with Crippen molar-refractivity contribution in [1.29, 1.82) is 0 Å². The summed E-state index contributed by atoms with van der Waals surface area (Å²) in [5.41, 5.74) is 0. The van der Waals surface area contributed by atoms with Gasteiger partial charge in [-0.3, -0.25) is 0 Å². The maximum absolute atomic E-state index is 12.9. The first-order valence-corrected chi connectivity index (χ1v) is 5.32. The van der Waals surface area contributed by atoms with E-state index >= 15 is 0 Å². The van der Waals surface area contributed by atoms with Gasteiger partial charge in [-0.1, -0.05) is 0 Å². The maximum Gasteiger partial charge on any atom is 0.102 e. The van der Waals surface area contributed by atoms with Gasteiger partial charge in [-0.25, -0.2) is 4.39 Å². The summed E-state index contributed by atoms with van der Waals surface area (Å²) in [7, 11) is 0. The fraction of sp³-hybridized carbons (Fsp3) is 1.00. The number of halogens is 1. The van der Waals surface area contributed by atoms with Gasteiger partial charge in [0.2, 0.25) is 0 Å². The molecule has 1 heterocycles. The fourth-order valence-corrected chi connectivity index (χ4v) is 2.49. The molecule has 1 aliphatic heterocycles. The predicted octanol–water partition coefficient (Wildman–Crippen LogP) is 1.33. The standard InChI is InChI=1S/C10H18FNO/c11-8-1-2-9(7-8)12-5-3-10(13)4-6-12/h8-10,13H,1-7H2. The highest BCUT2D eigenvalue weighted by molar-refractivity contribution is 4.85. The van der Waals surface area contributed by atoms with Gasteiger partial charge in [0.25, 0.3) is 0 Å². The van der Waals surface area contributed by atoms with Gasteiger partial charge in [0.15, 0.2) is 0 Å². The van der Waals surface area contributed by atoms with E-state index in [1.807, 2.05) is 0 Å². The van der Waals surface area contributed by atoms with Crippen LogP contribution in [0.3, 0.4) is 0 Å². The molecule has 2 nitrogen and oxygen atoms in total. The number of alkyl halides is 1. The van der Waals surface area contributed by atoms with Crippen molar-refractivity contribution >= 4 is 0 Å². The Balaban J connectivity index is 1.81. The Bertz CT molecular complexity index is 168. The molecule has 1 saturated carbocycles. The van der Waals surface area contributed by atoms with Gasteiger partial charge < -0.3 is 10.0 Å². The van der Waals surface area contributed by atoms with Gasteiger partial charge in [-0.05, 0) is 32.1 Å². The molecule has 0 aromatic rings. The molecular weight excluding hydrogens is 169 g/mol. The topological polar surface area (TPSA) is 23.5 Å². The number of hydrogen-bond acceptors (Lipinski definition) is 2. The van der Waals surface area contributed by atoms with Crippen molar-refractivity contribution in [3.63, 3.8) is 0 Å². The van der Waals surface area contributed by atoms with Gasteiger partial charge in [0.1, 0.15) is 6.17 Å². The van der Waals surface area contributed by atoms with Crippen molar-refractivity contribution in [2.75, 3.05) is 13.1 Å². The third-order valence-electron chi connectivity index (χ3n) is 3.36. The van der Waals surface area contributed by atoms with Crippen LogP contribution in [0, 0.1) is 0 Å². The number of hydrogen-bond donors (Lipinski definition) is 1. The van der Waals surface area contributed by atoms with Crippen LogP contribution in [0.25, 0.3) is 0 Å². The van der Waals surface area contributed by atoms with Crippen LogP contribution in [0.2, 0.25) is 0 Å². The first-order valence-electron chi connectivity index (χ1n) is 5.32. The number of aliphatic hydroxyl groups is 1. The quantitative estimate of drug-likeness (QED) is 0.669. The average molecular weight is 187 g/mol. The summed E-state index contributed by atoms with van der Waals surface area (Å²) >= 11 is 0. The molecule has 0 aromatic heterocycles.